The number of benzene rings is 2. The third kappa shape index (κ3) is 3.32. The summed E-state index contributed by atoms with van der Waals surface area (Å²) in [6.07, 6.45) is 0. The van der Waals surface area contributed by atoms with Crippen molar-refractivity contribution in [2.24, 2.45) is 0 Å². The molecule has 0 heterocycles. The molecule has 7 heteroatoms. The molecular formula is C14H12F2N2O3. The third-order valence-electron chi connectivity index (χ3n) is 2.77. The van der Waals surface area contributed by atoms with Crippen LogP contribution in [0.15, 0.2) is 36.4 Å². The third-order valence-corrected chi connectivity index (χ3v) is 2.77. The molecule has 0 radical (unpaired) electrons. The van der Waals surface area contributed by atoms with E-state index in [9.17, 15) is 18.9 Å². The van der Waals surface area contributed by atoms with Gasteiger partial charge in [-0.25, -0.2) is 8.78 Å². The van der Waals surface area contributed by atoms with Crippen molar-refractivity contribution in [3.8, 4) is 11.5 Å². The molecule has 5 nitrogen and oxygen atoms in total. The highest BCUT2D eigenvalue weighted by molar-refractivity contribution is 5.49. The lowest BCUT2D eigenvalue weighted by Crippen LogP contribution is -2.08. The van der Waals surface area contributed by atoms with Gasteiger partial charge in [0.25, 0.3) is 0 Å². The number of halogens is 2. The molecule has 0 bridgehead atoms. The lowest BCUT2D eigenvalue weighted by Gasteiger charge is -2.12. The fourth-order valence-electron chi connectivity index (χ4n) is 1.82. The van der Waals surface area contributed by atoms with Gasteiger partial charge in [-0.3, -0.25) is 10.1 Å². The minimum absolute atomic E-state index is 0.0954. The van der Waals surface area contributed by atoms with Crippen LogP contribution in [0, 0.1) is 21.7 Å². The maximum absolute atomic E-state index is 13.8. The summed E-state index contributed by atoms with van der Waals surface area (Å²) >= 11 is 0. The van der Waals surface area contributed by atoms with Crippen molar-refractivity contribution in [1.29, 1.82) is 0 Å². The molecule has 0 saturated heterocycles. The standard InChI is InChI=1S/C14H12F2N2O3/c1-17-8-10-11(16)3-2-4-13(10)21-14-7-9(15)5-6-12(14)18(19)20/h2-7,17H,8H2,1H3. The number of nitrogens with zero attached hydrogens (tertiary/aromatic N) is 1. The van der Waals surface area contributed by atoms with Crippen LogP contribution in [0.1, 0.15) is 5.56 Å². The Morgan fingerprint density at radius 1 is 1.24 bits per heavy atom. The topological polar surface area (TPSA) is 64.4 Å². The van der Waals surface area contributed by atoms with Crippen LogP contribution in [0.4, 0.5) is 14.5 Å². The Morgan fingerprint density at radius 2 is 2.00 bits per heavy atom. The highest BCUT2D eigenvalue weighted by Gasteiger charge is 2.18. The molecular weight excluding hydrogens is 282 g/mol. The summed E-state index contributed by atoms with van der Waals surface area (Å²) in [4.78, 5) is 10.2. The van der Waals surface area contributed by atoms with Gasteiger partial charge in [-0.1, -0.05) is 6.07 Å². The van der Waals surface area contributed by atoms with Gasteiger partial charge < -0.3 is 10.1 Å². The average Bonchev–Trinajstić information content (AvgIpc) is 2.42. The zero-order valence-corrected chi connectivity index (χ0v) is 11.1. The van der Waals surface area contributed by atoms with Gasteiger partial charge in [0.2, 0.25) is 5.75 Å². The second kappa shape index (κ2) is 6.27. The first kappa shape index (κ1) is 14.9. The van der Waals surface area contributed by atoms with Crippen molar-refractivity contribution < 1.29 is 18.4 Å². The number of nitro benzene ring substituents is 1. The van der Waals surface area contributed by atoms with Gasteiger partial charge >= 0.3 is 5.69 Å². The number of ether oxygens (including phenoxy) is 1. The number of hydrogen-bond acceptors (Lipinski definition) is 4. The molecule has 1 N–H and O–H groups in total. The maximum atomic E-state index is 13.8. The van der Waals surface area contributed by atoms with E-state index in [1.54, 1.807) is 7.05 Å². The van der Waals surface area contributed by atoms with Crippen molar-refractivity contribution in [3.05, 3.63) is 63.7 Å². The first-order valence-electron chi connectivity index (χ1n) is 6.06. The number of nitro groups is 1. The van der Waals surface area contributed by atoms with E-state index in [1.165, 1.54) is 18.2 Å². The van der Waals surface area contributed by atoms with Crippen LogP contribution in [0.5, 0.6) is 11.5 Å². The van der Waals surface area contributed by atoms with Crippen LogP contribution in [0.3, 0.4) is 0 Å². The van der Waals surface area contributed by atoms with Crippen molar-refractivity contribution >= 4 is 5.69 Å². The number of nitrogens with one attached hydrogen (secondary N) is 1. The molecule has 2 rings (SSSR count). The monoisotopic (exact) mass is 294 g/mol. The van der Waals surface area contributed by atoms with E-state index in [-0.39, 0.29) is 23.6 Å². The molecule has 0 fully saturated rings. The normalized spacial score (nSPS) is 10.4. The van der Waals surface area contributed by atoms with Gasteiger partial charge in [-0.2, -0.15) is 0 Å². The molecule has 0 spiro atoms. The van der Waals surface area contributed by atoms with Gasteiger partial charge in [0.1, 0.15) is 17.4 Å². The summed E-state index contributed by atoms with van der Waals surface area (Å²) in [5.74, 6) is -1.37. The molecule has 0 unspecified atom stereocenters. The van der Waals surface area contributed by atoms with E-state index in [1.807, 2.05) is 0 Å². The molecule has 0 aliphatic rings. The van der Waals surface area contributed by atoms with E-state index >= 15 is 0 Å². The molecule has 0 saturated carbocycles. The molecule has 0 amide bonds. The molecule has 0 aromatic heterocycles. The second-order valence-corrected chi connectivity index (χ2v) is 4.22. The Kier molecular flexibility index (Phi) is 4.44. The van der Waals surface area contributed by atoms with Crippen LogP contribution in [0.2, 0.25) is 0 Å². The summed E-state index contributed by atoms with van der Waals surface area (Å²) in [6, 6.07) is 6.98. The van der Waals surface area contributed by atoms with Gasteiger partial charge in [0.05, 0.1) is 4.92 Å². The highest BCUT2D eigenvalue weighted by atomic mass is 19.1. The number of hydrogen-bond donors (Lipinski definition) is 1. The van der Waals surface area contributed by atoms with Crippen molar-refractivity contribution in [1.82, 2.24) is 5.32 Å². The van der Waals surface area contributed by atoms with E-state index in [2.05, 4.69) is 5.32 Å². The second-order valence-electron chi connectivity index (χ2n) is 4.22. The zero-order valence-electron chi connectivity index (χ0n) is 11.1. The molecule has 0 aliphatic heterocycles. The summed E-state index contributed by atoms with van der Waals surface area (Å²) < 4.78 is 32.4. The average molecular weight is 294 g/mol. The quantitative estimate of drug-likeness (QED) is 0.678. The van der Waals surface area contributed by atoms with Crippen molar-refractivity contribution in [2.45, 2.75) is 6.54 Å². The summed E-state index contributed by atoms with van der Waals surface area (Å²) in [6.45, 7) is 0.172. The molecule has 0 aliphatic carbocycles. The zero-order chi connectivity index (χ0) is 15.4. The van der Waals surface area contributed by atoms with Crippen molar-refractivity contribution in [3.63, 3.8) is 0 Å². The smallest absolute Gasteiger partial charge is 0.311 e. The minimum atomic E-state index is -0.689. The van der Waals surface area contributed by atoms with Gasteiger partial charge in [0.15, 0.2) is 0 Å². The Balaban J connectivity index is 2.45. The Morgan fingerprint density at radius 3 is 2.67 bits per heavy atom. The fraction of sp³-hybridized carbons (Fsp3) is 0.143. The van der Waals surface area contributed by atoms with Gasteiger partial charge in [-0.15, -0.1) is 0 Å². The largest absolute Gasteiger partial charge is 0.450 e. The summed E-state index contributed by atoms with van der Waals surface area (Å²) in [5.41, 5.74) is -0.186. The molecule has 2 aromatic carbocycles. The lowest BCUT2D eigenvalue weighted by molar-refractivity contribution is -0.385. The van der Waals surface area contributed by atoms with E-state index in [4.69, 9.17) is 4.74 Å². The Labute approximate surface area is 119 Å². The molecule has 0 atom stereocenters. The Bertz CT molecular complexity index is 677. The van der Waals surface area contributed by atoms with E-state index < -0.39 is 22.2 Å². The molecule has 2 aromatic rings. The van der Waals surface area contributed by atoms with Gasteiger partial charge in [0, 0.05) is 24.2 Å². The van der Waals surface area contributed by atoms with Crippen LogP contribution in [0.25, 0.3) is 0 Å². The van der Waals surface area contributed by atoms with Crippen LogP contribution >= 0.6 is 0 Å². The fourth-order valence-corrected chi connectivity index (χ4v) is 1.82. The van der Waals surface area contributed by atoms with Gasteiger partial charge in [-0.05, 0) is 25.2 Å². The predicted octanol–water partition coefficient (Wildman–Crippen LogP) is 3.38. The van der Waals surface area contributed by atoms with E-state index in [0.29, 0.717) is 0 Å². The first-order valence-corrected chi connectivity index (χ1v) is 6.06. The van der Waals surface area contributed by atoms with E-state index in [0.717, 1.165) is 18.2 Å². The lowest BCUT2D eigenvalue weighted by atomic mass is 10.2. The summed E-state index contributed by atoms with van der Waals surface area (Å²) in [5, 5.41) is 13.7. The first-order chi connectivity index (χ1) is 10.0. The SMILES string of the molecule is CNCc1c(F)cccc1Oc1cc(F)ccc1[N+](=O)[O-]. The highest BCUT2D eigenvalue weighted by Crippen LogP contribution is 2.34. The molecule has 21 heavy (non-hydrogen) atoms. The van der Waals surface area contributed by atoms with Crippen molar-refractivity contribution in [2.75, 3.05) is 7.05 Å². The predicted molar refractivity (Wildman–Crippen MR) is 72.3 cm³/mol. The van der Waals surface area contributed by atoms with Crippen LogP contribution in [-0.4, -0.2) is 12.0 Å². The number of rotatable bonds is 5. The van der Waals surface area contributed by atoms with Crippen LogP contribution < -0.4 is 10.1 Å². The Hall–Kier alpha value is -2.54. The minimum Gasteiger partial charge on any atom is -0.450 e. The maximum Gasteiger partial charge on any atom is 0.311 e. The van der Waals surface area contributed by atoms with Crippen LogP contribution in [-0.2, 0) is 6.54 Å². The summed E-state index contributed by atoms with van der Waals surface area (Å²) in [7, 11) is 1.63. The molecule has 110 valence electrons.